The van der Waals surface area contributed by atoms with Gasteiger partial charge in [-0.1, -0.05) is 6.07 Å². The van der Waals surface area contributed by atoms with Crippen LogP contribution in [0.5, 0.6) is 0 Å². The molecule has 2 nitrogen and oxygen atoms in total. The molecular weight excluding hydrogens is 182 g/mol. The Kier molecular flexibility index (Phi) is 6.91. The van der Waals surface area contributed by atoms with E-state index < -0.39 is 5.54 Å². The molecule has 0 atom stereocenters. The van der Waals surface area contributed by atoms with Crippen molar-refractivity contribution in [1.82, 2.24) is 4.98 Å². The number of hydrogen-bond acceptors (Lipinski definition) is 2. The standard InChI is InChI=1S/C5H5N.CBCl2N/c1-2-4-6-5-3-1;3-2(4)1-5/h1-5H;. The zero-order valence-corrected chi connectivity index (χ0v) is 7.13. The van der Waals surface area contributed by atoms with E-state index in [2.05, 4.69) is 4.98 Å². The van der Waals surface area contributed by atoms with E-state index in [0.29, 0.717) is 0 Å². The minimum Gasteiger partial charge on any atom is -0.265 e. The number of hydrogen-bond donors (Lipinski definition) is 0. The second kappa shape index (κ2) is 7.39. The minimum atomic E-state index is -0.866. The van der Waals surface area contributed by atoms with E-state index in [-0.39, 0.29) is 0 Å². The van der Waals surface area contributed by atoms with Gasteiger partial charge >= 0.3 is 5.54 Å². The topological polar surface area (TPSA) is 36.7 Å². The summed E-state index contributed by atoms with van der Waals surface area (Å²) in [5, 5.41) is 7.63. The zero-order valence-electron chi connectivity index (χ0n) is 5.61. The van der Waals surface area contributed by atoms with Gasteiger partial charge < -0.3 is 0 Å². The van der Waals surface area contributed by atoms with Gasteiger partial charge in [0.05, 0.1) is 0 Å². The van der Waals surface area contributed by atoms with E-state index in [0.717, 1.165) is 0 Å². The number of rotatable bonds is 0. The van der Waals surface area contributed by atoms with Crippen LogP contribution in [0.3, 0.4) is 0 Å². The summed E-state index contributed by atoms with van der Waals surface area (Å²) in [4.78, 5) is 3.78. The first-order chi connectivity index (χ1) is 5.27. The monoisotopic (exact) mass is 186 g/mol. The molecule has 0 radical (unpaired) electrons. The molecule has 0 unspecified atom stereocenters. The number of halogens is 2. The lowest BCUT2D eigenvalue weighted by molar-refractivity contribution is 1.33. The molecule has 0 saturated heterocycles. The molecule has 0 saturated carbocycles. The van der Waals surface area contributed by atoms with E-state index in [1.54, 1.807) is 18.4 Å². The Labute approximate surface area is 75.7 Å². The minimum absolute atomic E-state index is 0.866. The van der Waals surface area contributed by atoms with Crippen LogP contribution in [0.2, 0.25) is 0 Å². The molecule has 0 N–H and O–H groups in total. The highest BCUT2D eigenvalue weighted by Crippen LogP contribution is 1.88. The second-order valence-electron chi connectivity index (χ2n) is 1.45. The van der Waals surface area contributed by atoms with Gasteiger partial charge in [-0.2, -0.15) is 22.9 Å². The quantitative estimate of drug-likeness (QED) is 0.582. The van der Waals surface area contributed by atoms with Gasteiger partial charge in [0.25, 0.3) is 0 Å². The molecule has 0 spiro atoms. The Morgan fingerprint density at radius 1 is 1.18 bits per heavy atom. The van der Waals surface area contributed by atoms with Gasteiger partial charge in [-0.05, 0) is 12.1 Å². The number of nitrogens with zero attached hydrogens (tertiary/aromatic N) is 2. The highest BCUT2D eigenvalue weighted by atomic mass is 35.5. The van der Waals surface area contributed by atoms with Crippen molar-refractivity contribution in [3.63, 3.8) is 0 Å². The first kappa shape index (κ1) is 10.3. The molecule has 0 bridgehead atoms. The van der Waals surface area contributed by atoms with Gasteiger partial charge in [0.2, 0.25) is 0 Å². The fourth-order valence-corrected chi connectivity index (χ4v) is 0.313. The van der Waals surface area contributed by atoms with Crippen LogP contribution in [0.25, 0.3) is 0 Å². The highest BCUT2D eigenvalue weighted by molar-refractivity contribution is 7.37. The average Bonchev–Trinajstić information content (AvgIpc) is 2.09. The first-order valence-electron chi connectivity index (χ1n) is 2.80. The lowest BCUT2D eigenvalue weighted by Crippen LogP contribution is -1.80. The van der Waals surface area contributed by atoms with Crippen molar-refractivity contribution in [2.75, 3.05) is 0 Å². The van der Waals surface area contributed by atoms with Crippen molar-refractivity contribution in [2.45, 2.75) is 0 Å². The number of pyridine rings is 1. The molecule has 0 aliphatic carbocycles. The molecule has 0 aliphatic rings. The van der Waals surface area contributed by atoms with E-state index in [9.17, 15) is 0 Å². The molecule has 0 amide bonds. The third kappa shape index (κ3) is 9.28. The highest BCUT2D eigenvalue weighted by Gasteiger charge is 1.97. The third-order valence-electron chi connectivity index (χ3n) is 0.664. The lowest BCUT2D eigenvalue weighted by atomic mass is 10.2. The Hall–Kier alpha value is -0.715. The van der Waals surface area contributed by atoms with E-state index in [1.165, 1.54) is 0 Å². The predicted molar refractivity (Wildman–Crippen MR) is 47.3 cm³/mol. The Balaban J connectivity index is 0.000000187. The maximum Gasteiger partial charge on any atom is 0.465 e. The second-order valence-corrected chi connectivity index (χ2v) is 2.55. The molecule has 56 valence electrons. The molecule has 1 aromatic rings. The Morgan fingerprint density at radius 3 is 1.73 bits per heavy atom. The van der Waals surface area contributed by atoms with Gasteiger partial charge in [-0.3, -0.25) is 4.98 Å². The van der Waals surface area contributed by atoms with Crippen LogP contribution >= 0.6 is 22.9 Å². The predicted octanol–water partition coefficient (Wildman–Crippen LogP) is 2.10. The van der Waals surface area contributed by atoms with E-state index >= 15 is 0 Å². The summed E-state index contributed by atoms with van der Waals surface area (Å²) in [6, 6.07) is 5.72. The van der Waals surface area contributed by atoms with Crippen molar-refractivity contribution in [3.05, 3.63) is 30.6 Å². The smallest absolute Gasteiger partial charge is 0.265 e. The summed E-state index contributed by atoms with van der Waals surface area (Å²) in [7, 11) is 0. The van der Waals surface area contributed by atoms with Gasteiger partial charge in [-0.15, -0.1) is 0 Å². The lowest BCUT2D eigenvalue weighted by Gasteiger charge is -1.70. The van der Waals surface area contributed by atoms with Gasteiger partial charge in [0, 0.05) is 18.4 Å². The van der Waals surface area contributed by atoms with Crippen molar-refractivity contribution >= 4 is 28.5 Å². The SMILES string of the molecule is N#CB(Cl)Cl.c1ccncc1. The normalized spacial score (nSPS) is 7.00. The zero-order chi connectivity index (χ0) is 8.53. The van der Waals surface area contributed by atoms with Gasteiger partial charge in [0.15, 0.2) is 0 Å². The molecule has 0 aliphatic heterocycles. The van der Waals surface area contributed by atoms with E-state index in [1.807, 2.05) is 18.2 Å². The average molecular weight is 187 g/mol. The molecule has 0 aromatic carbocycles. The first-order valence-corrected chi connectivity index (χ1v) is 3.67. The molecule has 1 heterocycles. The van der Waals surface area contributed by atoms with Crippen molar-refractivity contribution in [2.24, 2.45) is 0 Å². The molecular formula is C6H5BCl2N2. The summed E-state index contributed by atoms with van der Waals surface area (Å²) in [6.07, 6.45) is 3.50. The summed E-state index contributed by atoms with van der Waals surface area (Å²) >= 11 is 9.73. The Morgan fingerprint density at radius 2 is 1.64 bits per heavy atom. The molecule has 1 aromatic heterocycles. The summed E-state index contributed by atoms with van der Waals surface area (Å²) < 4.78 is 0. The van der Waals surface area contributed by atoms with Crippen LogP contribution in [0.1, 0.15) is 0 Å². The molecule has 1 rings (SSSR count). The molecule has 0 fully saturated rings. The number of aromatic nitrogens is 1. The van der Waals surface area contributed by atoms with Crippen molar-refractivity contribution in [3.8, 4) is 5.97 Å². The number of nitriles is 1. The van der Waals surface area contributed by atoms with Crippen LogP contribution in [0.4, 0.5) is 0 Å². The van der Waals surface area contributed by atoms with Crippen LogP contribution in [0.15, 0.2) is 30.6 Å². The summed E-state index contributed by atoms with van der Waals surface area (Å²) in [5.74, 6) is 1.56. The maximum atomic E-state index is 7.63. The van der Waals surface area contributed by atoms with Crippen LogP contribution < -0.4 is 0 Å². The van der Waals surface area contributed by atoms with Gasteiger partial charge in [-0.25, -0.2) is 5.26 Å². The summed E-state index contributed by atoms with van der Waals surface area (Å²) in [5.41, 5.74) is -0.866. The summed E-state index contributed by atoms with van der Waals surface area (Å²) in [6.45, 7) is 0. The van der Waals surface area contributed by atoms with Crippen LogP contribution in [-0.4, -0.2) is 10.5 Å². The fourth-order valence-electron chi connectivity index (χ4n) is 0.313. The van der Waals surface area contributed by atoms with Crippen LogP contribution in [-0.2, 0) is 0 Å². The Bertz CT molecular complexity index is 183. The van der Waals surface area contributed by atoms with Crippen molar-refractivity contribution in [1.29, 1.82) is 5.26 Å². The largest absolute Gasteiger partial charge is 0.465 e. The fraction of sp³-hybridized carbons (Fsp3) is 0. The van der Waals surface area contributed by atoms with Crippen molar-refractivity contribution < 1.29 is 0 Å². The third-order valence-corrected chi connectivity index (χ3v) is 0.859. The van der Waals surface area contributed by atoms with Crippen LogP contribution in [0, 0.1) is 11.2 Å². The van der Waals surface area contributed by atoms with Gasteiger partial charge in [0.1, 0.15) is 0 Å². The maximum absolute atomic E-state index is 7.63. The molecule has 5 heteroatoms. The molecule has 11 heavy (non-hydrogen) atoms. The van der Waals surface area contributed by atoms with E-state index in [4.69, 9.17) is 28.2 Å².